The quantitative estimate of drug-likeness (QED) is 0.798. The Balaban J connectivity index is 3.41. The van der Waals surface area contributed by atoms with Crippen LogP contribution in [0.4, 0.5) is 0 Å². The Bertz CT molecular complexity index is 466. The second kappa shape index (κ2) is 4.56. The van der Waals surface area contributed by atoms with Gasteiger partial charge in [0.1, 0.15) is 0 Å². The van der Waals surface area contributed by atoms with Gasteiger partial charge >= 0.3 is 7.60 Å². The molecule has 1 aromatic carbocycles. The summed E-state index contributed by atoms with van der Waals surface area (Å²) in [6, 6.07) is 4.00. The smallest absolute Gasteiger partial charge is 0.324 e. The highest BCUT2D eigenvalue weighted by Crippen LogP contribution is 2.43. The maximum atomic E-state index is 11.2. The van der Waals surface area contributed by atoms with E-state index in [-0.39, 0.29) is 11.6 Å². The van der Waals surface area contributed by atoms with Gasteiger partial charge < -0.3 is 9.79 Å². The van der Waals surface area contributed by atoms with Crippen molar-refractivity contribution in [1.82, 2.24) is 0 Å². The van der Waals surface area contributed by atoms with Gasteiger partial charge in [-0.05, 0) is 36.0 Å². The minimum Gasteiger partial charge on any atom is -0.324 e. The zero-order valence-electron chi connectivity index (χ0n) is 11.1. The standard InChI is InChI=1S/C13H21O3P/c1-9-6-10(2)11(8-17(14,15)16)12(7-9)13(3,4)5/h6-7H,8H2,1-5H3,(H2,14,15,16). The van der Waals surface area contributed by atoms with Crippen molar-refractivity contribution >= 4 is 7.60 Å². The lowest BCUT2D eigenvalue weighted by molar-refractivity contribution is 0.371. The van der Waals surface area contributed by atoms with E-state index in [4.69, 9.17) is 9.79 Å². The number of hydrogen-bond acceptors (Lipinski definition) is 1. The van der Waals surface area contributed by atoms with E-state index in [0.717, 1.165) is 22.3 Å². The molecule has 0 heterocycles. The first-order chi connectivity index (χ1) is 7.50. The van der Waals surface area contributed by atoms with Crippen molar-refractivity contribution in [3.8, 4) is 0 Å². The molecule has 96 valence electrons. The van der Waals surface area contributed by atoms with Crippen LogP contribution < -0.4 is 0 Å². The summed E-state index contributed by atoms with van der Waals surface area (Å²) in [4.78, 5) is 18.3. The topological polar surface area (TPSA) is 57.5 Å². The zero-order chi connectivity index (χ0) is 13.4. The van der Waals surface area contributed by atoms with E-state index in [0.29, 0.717) is 0 Å². The van der Waals surface area contributed by atoms with E-state index in [9.17, 15) is 4.57 Å². The third-order valence-electron chi connectivity index (χ3n) is 2.79. The van der Waals surface area contributed by atoms with Gasteiger partial charge in [0.2, 0.25) is 0 Å². The van der Waals surface area contributed by atoms with Crippen molar-refractivity contribution in [3.63, 3.8) is 0 Å². The third kappa shape index (κ3) is 3.95. The average Bonchev–Trinajstić information content (AvgIpc) is 2.05. The van der Waals surface area contributed by atoms with Crippen molar-refractivity contribution in [2.75, 3.05) is 0 Å². The molecule has 17 heavy (non-hydrogen) atoms. The van der Waals surface area contributed by atoms with Gasteiger partial charge in [-0.25, -0.2) is 0 Å². The molecule has 0 fully saturated rings. The molecule has 0 saturated carbocycles. The summed E-state index contributed by atoms with van der Waals surface area (Å²) in [5.74, 6) is 0. The molecular formula is C13H21O3P. The molecule has 0 spiro atoms. The van der Waals surface area contributed by atoms with Crippen LogP contribution in [0.3, 0.4) is 0 Å². The second-order valence-corrected chi connectivity index (χ2v) is 7.33. The molecule has 0 radical (unpaired) electrons. The van der Waals surface area contributed by atoms with Crippen molar-refractivity contribution in [1.29, 1.82) is 0 Å². The lowest BCUT2D eigenvalue weighted by Crippen LogP contribution is -2.15. The number of aryl methyl sites for hydroxylation is 2. The fraction of sp³-hybridized carbons (Fsp3) is 0.538. The summed E-state index contributed by atoms with van der Waals surface area (Å²) in [6.07, 6.45) is -0.175. The second-order valence-electron chi connectivity index (χ2n) is 5.68. The Hall–Kier alpha value is -0.630. The number of rotatable bonds is 2. The lowest BCUT2D eigenvalue weighted by atomic mass is 9.82. The summed E-state index contributed by atoms with van der Waals surface area (Å²) < 4.78 is 11.2. The molecule has 0 aromatic heterocycles. The SMILES string of the molecule is Cc1cc(C)c(CP(=O)(O)O)c(C(C)(C)C)c1. The fourth-order valence-electron chi connectivity index (χ4n) is 2.08. The van der Waals surface area contributed by atoms with Crippen molar-refractivity contribution in [2.45, 2.75) is 46.2 Å². The summed E-state index contributed by atoms with van der Waals surface area (Å²) >= 11 is 0. The van der Waals surface area contributed by atoms with Gasteiger partial charge in [-0.1, -0.05) is 38.5 Å². The summed E-state index contributed by atoms with van der Waals surface area (Å²) in [5.41, 5.74) is 3.79. The summed E-state index contributed by atoms with van der Waals surface area (Å²) in [7, 11) is -4.03. The van der Waals surface area contributed by atoms with E-state index in [1.807, 2.05) is 26.0 Å². The predicted octanol–water partition coefficient (Wildman–Crippen LogP) is 3.28. The van der Waals surface area contributed by atoms with Crippen molar-refractivity contribution in [3.05, 3.63) is 34.4 Å². The predicted molar refractivity (Wildman–Crippen MR) is 70.4 cm³/mol. The van der Waals surface area contributed by atoms with Crippen LogP contribution in [0.25, 0.3) is 0 Å². The van der Waals surface area contributed by atoms with Crippen LogP contribution in [-0.2, 0) is 16.1 Å². The Labute approximate surface area is 103 Å². The molecule has 0 aliphatic heterocycles. The Morgan fingerprint density at radius 3 is 2.12 bits per heavy atom. The maximum Gasteiger partial charge on any atom is 0.329 e. The molecule has 1 aromatic rings. The fourth-order valence-corrected chi connectivity index (χ4v) is 2.91. The van der Waals surface area contributed by atoms with Gasteiger partial charge in [-0.15, -0.1) is 0 Å². The van der Waals surface area contributed by atoms with Crippen molar-refractivity contribution < 1.29 is 14.4 Å². The average molecular weight is 256 g/mol. The molecule has 0 unspecified atom stereocenters. The summed E-state index contributed by atoms with van der Waals surface area (Å²) in [6.45, 7) is 10.1. The van der Waals surface area contributed by atoms with Crippen LogP contribution in [0.2, 0.25) is 0 Å². The molecule has 1 rings (SSSR count). The van der Waals surface area contributed by atoms with E-state index >= 15 is 0 Å². The van der Waals surface area contributed by atoms with Crippen LogP contribution in [0.15, 0.2) is 12.1 Å². The molecule has 0 amide bonds. The largest absolute Gasteiger partial charge is 0.329 e. The van der Waals surface area contributed by atoms with Gasteiger partial charge in [0.25, 0.3) is 0 Å². The molecular weight excluding hydrogens is 235 g/mol. The van der Waals surface area contributed by atoms with Gasteiger partial charge in [0.15, 0.2) is 0 Å². The molecule has 0 bridgehead atoms. The van der Waals surface area contributed by atoms with Gasteiger partial charge in [0.05, 0.1) is 6.16 Å². The number of hydrogen-bond donors (Lipinski definition) is 2. The molecule has 0 aliphatic rings. The third-order valence-corrected chi connectivity index (χ3v) is 3.52. The Morgan fingerprint density at radius 1 is 1.18 bits per heavy atom. The van der Waals surface area contributed by atoms with Gasteiger partial charge in [-0.3, -0.25) is 4.57 Å². The van der Waals surface area contributed by atoms with E-state index < -0.39 is 7.60 Å². The first-order valence-electron chi connectivity index (χ1n) is 5.66. The van der Waals surface area contributed by atoms with Gasteiger partial charge in [-0.2, -0.15) is 0 Å². The number of benzene rings is 1. The minimum atomic E-state index is -4.03. The highest BCUT2D eigenvalue weighted by atomic mass is 31.2. The zero-order valence-corrected chi connectivity index (χ0v) is 12.0. The molecule has 0 atom stereocenters. The molecule has 0 aliphatic carbocycles. The van der Waals surface area contributed by atoms with Crippen LogP contribution in [-0.4, -0.2) is 9.79 Å². The van der Waals surface area contributed by atoms with Gasteiger partial charge in [0, 0.05) is 0 Å². The molecule has 0 saturated heterocycles. The summed E-state index contributed by atoms with van der Waals surface area (Å²) in [5, 5.41) is 0. The first kappa shape index (κ1) is 14.4. The van der Waals surface area contributed by atoms with Crippen LogP contribution >= 0.6 is 7.60 Å². The highest BCUT2D eigenvalue weighted by Gasteiger charge is 2.24. The Kier molecular flexibility index (Phi) is 3.87. The van der Waals surface area contributed by atoms with Crippen LogP contribution in [0.1, 0.15) is 43.0 Å². The van der Waals surface area contributed by atoms with E-state index in [1.54, 1.807) is 0 Å². The van der Waals surface area contributed by atoms with Crippen LogP contribution in [0.5, 0.6) is 0 Å². The Morgan fingerprint density at radius 2 is 1.71 bits per heavy atom. The maximum absolute atomic E-state index is 11.2. The first-order valence-corrected chi connectivity index (χ1v) is 7.45. The van der Waals surface area contributed by atoms with Crippen molar-refractivity contribution in [2.24, 2.45) is 0 Å². The normalized spacial score (nSPS) is 12.9. The van der Waals surface area contributed by atoms with E-state index in [1.165, 1.54) is 0 Å². The molecule has 4 heteroatoms. The lowest BCUT2D eigenvalue weighted by Gasteiger charge is -2.25. The van der Waals surface area contributed by atoms with Crippen LogP contribution in [0, 0.1) is 13.8 Å². The van der Waals surface area contributed by atoms with E-state index in [2.05, 4.69) is 20.8 Å². The monoisotopic (exact) mass is 256 g/mol. The molecule has 2 N–H and O–H groups in total. The minimum absolute atomic E-state index is 0.110. The highest BCUT2D eigenvalue weighted by molar-refractivity contribution is 7.50. The molecule has 3 nitrogen and oxygen atoms in total.